The van der Waals surface area contributed by atoms with Crippen molar-refractivity contribution in [2.24, 2.45) is 0 Å². The van der Waals surface area contributed by atoms with Gasteiger partial charge in [-0.1, -0.05) is 11.6 Å². The molecule has 0 saturated heterocycles. The first kappa shape index (κ1) is 26.8. The number of ether oxygens (including phenoxy) is 1. The van der Waals surface area contributed by atoms with Crippen molar-refractivity contribution in [2.45, 2.75) is 32.5 Å². The lowest BCUT2D eigenvalue weighted by Crippen LogP contribution is -2.27. The van der Waals surface area contributed by atoms with Crippen LogP contribution in [0.3, 0.4) is 0 Å². The molecular formula is C26H23ClF3N5O3. The van der Waals surface area contributed by atoms with Gasteiger partial charge in [0, 0.05) is 22.7 Å². The van der Waals surface area contributed by atoms with Gasteiger partial charge in [-0.05, 0) is 81.4 Å². The van der Waals surface area contributed by atoms with Crippen molar-refractivity contribution >= 4 is 51.8 Å². The largest absolute Gasteiger partial charge is 0.444 e. The number of rotatable bonds is 4. The molecule has 12 heteroatoms. The number of carbonyl (C=O) groups excluding carboxylic acids is 2. The Kier molecular flexibility index (Phi) is 7.23. The van der Waals surface area contributed by atoms with Gasteiger partial charge < -0.3 is 15.4 Å². The zero-order valence-corrected chi connectivity index (χ0v) is 21.2. The first-order valence-corrected chi connectivity index (χ1v) is 11.7. The van der Waals surface area contributed by atoms with E-state index in [0.29, 0.717) is 16.9 Å². The van der Waals surface area contributed by atoms with Crippen molar-refractivity contribution < 1.29 is 27.5 Å². The molecule has 0 spiro atoms. The summed E-state index contributed by atoms with van der Waals surface area (Å²) in [4.78, 5) is 28.8. The number of halogens is 4. The molecule has 0 radical (unpaired) electrons. The molecule has 3 N–H and O–H groups in total. The SMILES string of the molecule is CC(C)(C)OC(=O)Nc1ccc2ncn(-c3ccc(NC(=O)Nc4ccc(Cl)c(C(F)(F)F)c4)cc3)c2c1. The number of carbonyl (C=O) groups is 2. The Bertz CT molecular complexity index is 1500. The number of amides is 3. The Balaban J connectivity index is 1.46. The third-order valence-electron chi connectivity index (χ3n) is 5.13. The third kappa shape index (κ3) is 6.54. The second-order valence-corrected chi connectivity index (χ2v) is 9.67. The summed E-state index contributed by atoms with van der Waals surface area (Å²) in [5.74, 6) is 0. The minimum Gasteiger partial charge on any atom is -0.444 e. The molecule has 198 valence electrons. The Labute approximate surface area is 220 Å². The quantitative estimate of drug-likeness (QED) is 0.245. The average Bonchev–Trinajstić information content (AvgIpc) is 3.22. The van der Waals surface area contributed by atoms with E-state index in [1.54, 1.807) is 74.1 Å². The molecule has 0 saturated carbocycles. The summed E-state index contributed by atoms with van der Waals surface area (Å²) in [6, 6.07) is 14.3. The summed E-state index contributed by atoms with van der Waals surface area (Å²) in [5, 5.41) is 7.17. The molecule has 4 rings (SSSR count). The van der Waals surface area contributed by atoms with Crippen LogP contribution in [0.2, 0.25) is 5.02 Å². The first-order chi connectivity index (χ1) is 17.8. The van der Waals surface area contributed by atoms with Crippen LogP contribution >= 0.6 is 11.6 Å². The number of benzene rings is 3. The van der Waals surface area contributed by atoms with Crippen LogP contribution in [-0.4, -0.2) is 27.3 Å². The maximum Gasteiger partial charge on any atom is 0.417 e. The zero-order chi connectivity index (χ0) is 27.7. The van der Waals surface area contributed by atoms with Crippen LogP contribution in [0.5, 0.6) is 0 Å². The van der Waals surface area contributed by atoms with Crippen molar-refractivity contribution in [1.82, 2.24) is 9.55 Å². The lowest BCUT2D eigenvalue weighted by atomic mass is 10.2. The molecule has 1 heterocycles. The number of alkyl halides is 3. The second-order valence-electron chi connectivity index (χ2n) is 9.26. The summed E-state index contributed by atoms with van der Waals surface area (Å²) in [7, 11) is 0. The van der Waals surface area contributed by atoms with Gasteiger partial charge in [-0.2, -0.15) is 13.2 Å². The number of hydrogen-bond donors (Lipinski definition) is 3. The van der Waals surface area contributed by atoms with Crippen LogP contribution in [0.4, 0.5) is 39.8 Å². The number of hydrogen-bond acceptors (Lipinski definition) is 4. The molecule has 3 amide bonds. The monoisotopic (exact) mass is 545 g/mol. The molecule has 3 aromatic carbocycles. The fraction of sp³-hybridized carbons (Fsp3) is 0.192. The number of aromatic nitrogens is 2. The molecule has 4 aromatic rings. The van der Waals surface area contributed by atoms with Crippen molar-refractivity contribution in [1.29, 1.82) is 0 Å². The average molecular weight is 546 g/mol. The summed E-state index contributed by atoms with van der Waals surface area (Å²) < 4.78 is 46.3. The summed E-state index contributed by atoms with van der Waals surface area (Å²) in [5.41, 5.74) is 1.34. The molecule has 0 aliphatic heterocycles. The van der Waals surface area contributed by atoms with Crippen LogP contribution in [-0.2, 0) is 10.9 Å². The van der Waals surface area contributed by atoms with Crippen molar-refractivity contribution in [3.05, 3.63) is 77.6 Å². The van der Waals surface area contributed by atoms with E-state index in [0.717, 1.165) is 23.3 Å². The first-order valence-electron chi connectivity index (χ1n) is 11.3. The van der Waals surface area contributed by atoms with Gasteiger partial charge in [0.15, 0.2) is 0 Å². The highest BCUT2D eigenvalue weighted by Crippen LogP contribution is 2.36. The number of nitrogens with one attached hydrogen (secondary N) is 3. The van der Waals surface area contributed by atoms with Gasteiger partial charge in [-0.15, -0.1) is 0 Å². The van der Waals surface area contributed by atoms with E-state index in [9.17, 15) is 22.8 Å². The van der Waals surface area contributed by atoms with E-state index in [1.807, 2.05) is 0 Å². The molecule has 0 unspecified atom stereocenters. The Morgan fingerprint density at radius 3 is 2.13 bits per heavy atom. The predicted octanol–water partition coefficient (Wildman–Crippen LogP) is 7.69. The van der Waals surface area contributed by atoms with Crippen LogP contribution in [0.1, 0.15) is 26.3 Å². The molecule has 0 fully saturated rings. The number of imidazole rings is 1. The summed E-state index contributed by atoms with van der Waals surface area (Å²) in [6.45, 7) is 5.32. The molecule has 1 aromatic heterocycles. The van der Waals surface area contributed by atoms with Gasteiger partial charge in [0.2, 0.25) is 0 Å². The van der Waals surface area contributed by atoms with Crippen molar-refractivity contribution in [3.8, 4) is 5.69 Å². The van der Waals surface area contributed by atoms with Gasteiger partial charge in [0.25, 0.3) is 0 Å². The molecule has 38 heavy (non-hydrogen) atoms. The van der Waals surface area contributed by atoms with E-state index >= 15 is 0 Å². The van der Waals surface area contributed by atoms with Gasteiger partial charge in [0.05, 0.1) is 21.6 Å². The Morgan fingerprint density at radius 1 is 0.868 bits per heavy atom. The fourth-order valence-corrected chi connectivity index (χ4v) is 3.76. The van der Waals surface area contributed by atoms with E-state index in [1.165, 1.54) is 6.07 Å². The van der Waals surface area contributed by atoms with E-state index in [4.69, 9.17) is 16.3 Å². The van der Waals surface area contributed by atoms with Crippen LogP contribution in [0.15, 0.2) is 67.0 Å². The minimum absolute atomic E-state index is 0.0588. The highest BCUT2D eigenvalue weighted by atomic mass is 35.5. The minimum atomic E-state index is -4.65. The molecule has 0 bridgehead atoms. The van der Waals surface area contributed by atoms with Crippen LogP contribution in [0.25, 0.3) is 16.7 Å². The number of nitrogens with zero attached hydrogens (tertiary/aromatic N) is 2. The topological polar surface area (TPSA) is 97.3 Å². The van der Waals surface area contributed by atoms with E-state index in [-0.39, 0.29) is 5.69 Å². The lowest BCUT2D eigenvalue weighted by molar-refractivity contribution is -0.137. The molecule has 0 aliphatic rings. The maximum absolute atomic E-state index is 13.1. The predicted molar refractivity (Wildman–Crippen MR) is 140 cm³/mol. The standard InChI is InChI=1S/C26H23ClF3N5O3/c1-25(2,3)38-24(37)34-17-7-11-21-22(13-17)35(14-31-21)18-8-4-15(5-9-18)32-23(36)33-16-6-10-20(27)19(12-16)26(28,29)30/h4-14H,1-3H3,(H,34,37)(H2,32,33,36). The number of fused-ring (bicyclic) bond motifs is 1. The lowest BCUT2D eigenvalue weighted by Gasteiger charge is -2.19. The van der Waals surface area contributed by atoms with Crippen LogP contribution in [0, 0.1) is 0 Å². The van der Waals surface area contributed by atoms with Gasteiger partial charge >= 0.3 is 18.3 Å². The molecule has 0 aliphatic carbocycles. The maximum atomic E-state index is 13.1. The summed E-state index contributed by atoms with van der Waals surface area (Å²) in [6.07, 6.45) is -3.61. The molecule has 8 nitrogen and oxygen atoms in total. The highest BCUT2D eigenvalue weighted by Gasteiger charge is 2.33. The molecular weight excluding hydrogens is 523 g/mol. The Hall–Kier alpha value is -4.25. The molecule has 0 atom stereocenters. The van der Waals surface area contributed by atoms with Gasteiger partial charge in [-0.3, -0.25) is 9.88 Å². The van der Waals surface area contributed by atoms with E-state index in [2.05, 4.69) is 20.9 Å². The second kappa shape index (κ2) is 10.3. The van der Waals surface area contributed by atoms with Crippen molar-refractivity contribution in [2.75, 3.05) is 16.0 Å². The van der Waals surface area contributed by atoms with Gasteiger partial charge in [0.1, 0.15) is 11.9 Å². The van der Waals surface area contributed by atoms with Crippen LogP contribution < -0.4 is 16.0 Å². The zero-order valence-electron chi connectivity index (χ0n) is 20.5. The fourth-order valence-electron chi connectivity index (χ4n) is 3.53. The number of urea groups is 1. The van der Waals surface area contributed by atoms with E-state index < -0.39 is 34.5 Å². The normalized spacial score (nSPS) is 11.8. The number of anilines is 3. The Morgan fingerprint density at radius 2 is 1.47 bits per heavy atom. The summed E-state index contributed by atoms with van der Waals surface area (Å²) >= 11 is 5.62. The smallest absolute Gasteiger partial charge is 0.417 e. The third-order valence-corrected chi connectivity index (χ3v) is 5.46. The van der Waals surface area contributed by atoms with Crippen molar-refractivity contribution in [3.63, 3.8) is 0 Å². The highest BCUT2D eigenvalue weighted by molar-refractivity contribution is 6.31. The van der Waals surface area contributed by atoms with Gasteiger partial charge in [-0.25, -0.2) is 14.6 Å².